The SMILES string of the molecule is CC(C)Oc1cccc(C=O)c1OC(C)C.NC(=O)c1cccnc1. The Morgan fingerprint density at radius 3 is 2.20 bits per heavy atom. The highest BCUT2D eigenvalue weighted by molar-refractivity contribution is 5.92. The Labute approximate surface area is 148 Å². The average Bonchev–Trinajstić information content (AvgIpc) is 2.57. The number of nitrogens with two attached hydrogens (primary N) is 1. The first-order valence-electron chi connectivity index (χ1n) is 7.96. The molecule has 0 aliphatic heterocycles. The van der Waals surface area contributed by atoms with E-state index in [-0.39, 0.29) is 12.2 Å². The fraction of sp³-hybridized carbons (Fsp3) is 0.316. The summed E-state index contributed by atoms with van der Waals surface area (Å²) in [6.07, 6.45) is 3.87. The molecule has 2 rings (SSSR count). The molecule has 134 valence electrons. The largest absolute Gasteiger partial charge is 0.487 e. The third-order valence-electron chi connectivity index (χ3n) is 2.80. The lowest BCUT2D eigenvalue weighted by Gasteiger charge is -2.18. The standard InChI is InChI=1S/C13H18O3.C6H6N2O/c1-9(2)15-12-7-5-6-11(8-14)13(12)16-10(3)4;7-6(9)5-2-1-3-8-4-5/h5-10H,1-4H3;1-4H,(H2,7,9). The van der Waals surface area contributed by atoms with Crippen LogP contribution in [0.5, 0.6) is 11.5 Å². The fourth-order valence-electron chi connectivity index (χ4n) is 1.84. The second-order valence-corrected chi connectivity index (χ2v) is 5.73. The van der Waals surface area contributed by atoms with Gasteiger partial charge in [0.25, 0.3) is 0 Å². The molecule has 0 saturated heterocycles. The van der Waals surface area contributed by atoms with Crippen molar-refractivity contribution < 1.29 is 19.1 Å². The molecule has 6 heteroatoms. The van der Waals surface area contributed by atoms with E-state index in [1.165, 1.54) is 6.20 Å². The van der Waals surface area contributed by atoms with Crippen LogP contribution in [0, 0.1) is 0 Å². The van der Waals surface area contributed by atoms with Crippen LogP contribution in [0.3, 0.4) is 0 Å². The number of amides is 1. The summed E-state index contributed by atoms with van der Waals surface area (Å²) >= 11 is 0. The van der Waals surface area contributed by atoms with Gasteiger partial charge in [-0.25, -0.2) is 0 Å². The van der Waals surface area contributed by atoms with Crippen LogP contribution < -0.4 is 15.2 Å². The molecule has 2 N–H and O–H groups in total. The van der Waals surface area contributed by atoms with Crippen LogP contribution in [-0.2, 0) is 0 Å². The molecule has 1 aromatic heterocycles. The summed E-state index contributed by atoms with van der Waals surface area (Å²) in [7, 11) is 0. The molecule has 0 spiro atoms. The summed E-state index contributed by atoms with van der Waals surface area (Å²) in [5, 5.41) is 0. The molecular weight excluding hydrogens is 320 g/mol. The Hall–Kier alpha value is -2.89. The minimum atomic E-state index is -0.442. The molecule has 0 saturated carbocycles. The summed E-state index contributed by atoms with van der Waals surface area (Å²) in [6, 6.07) is 8.60. The Morgan fingerprint density at radius 2 is 1.76 bits per heavy atom. The van der Waals surface area contributed by atoms with Gasteiger partial charge in [-0.2, -0.15) is 0 Å². The zero-order chi connectivity index (χ0) is 18.8. The smallest absolute Gasteiger partial charge is 0.250 e. The van der Waals surface area contributed by atoms with Gasteiger partial charge in [-0.1, -0.05) is 6.07 Å². The highest BCUT2D eigenvalue weighted by atomic mass is 16.5. The van der Waals surface area contributed by atoms with Gasteiger partial charge in [-0.15, -0.1) is 0 Å². The third kappa shape index (κ3) is 7.03. The average molecular weight is 344 g/mol. The van der Waals surface area contributed by atoms with Gasteiger partial charge in [0.05, 0.1) is 23.3 Å². The summed E-state index contributed by atoms with van der Waals surface area (Å²) in [6.45, 7) is 7.71. The first-order valence-corrected chi connectivity index (χ1v) is 7.96. The van der Waals surface area contributed by atoms with Crippen LogP contribution in [0.25, 0.3) is 0 Å². The van der Waals surface area contributed by atoms with Crippen molar-refractivity contribution in [2.45, 2.75) is 39.9 Å². The summed E-state index contributed by atoms with van der Waals surface area (Å²) in [5.41, 5.74) is 5.90. The lowest BCUT2D eigenvalue weighted by Crippen LogP contribution is -2.12. The number of benzene rings is 1. The lowest BCUT2D eigenvalue weighted by atomic mass is 10.2. The van der Waals surface area contributed by atoms with Gasteiger partial charge in [0.2, 0.25) is 5.91 Å². The molecule has 25 heavy (non-hydrogen) atoms. The predicted molar refractivity (Wildman–Crippen MR) is 96.1 cm³/mol. The van der Waals surface area contributed by atoms with Gasteiger partial charge in [0.1, 0.15) is 0 Å². The highest BCUT2D eigenvalue weighted by Gasteiger charge is 2.13. The van der Waals surface area contributed by atoms with Crippen LogP contribution in [0.1, 0.15) is 48.4 Å². The molecule has 0 fully saturated rings. The van der Waals surface area contributed by atoms with Crippen LogP contribution in [-0.4, -0.2) is 29.4 Å². The molecule has 2 aromatic rings. The Bertz CT molecular complexity index is 685. The Balaban J connectivity index is 0.000000293. The van der Waals surface area contributed by atoms with Crippen LogP contribution in [0.2, 0.25) is 0 Å². The maximum Gasteiger partial charge on any atom is 0.250 e. The number of carbonyl (C=O) groups is 2. The normalized spacial score (nSPS) is 10.0. The van der Waals surface area contributed by atoms with Crippen molar-refractivity contribution in [2.24, 2.45) is 5.73 Å². The molecule has 0 radical (unpaired) electrons. The quantitative estimate of drug-likeness (QED) is 0.812. The molecular formula is C19H24N2O4. The number of para-hydroxylation sites is 1. The topological polar surface area (TPSA) is 91.5 Å². The van der Waals surface area contributed by atoms with E-state index in [1.807, 2.05) is 33.8 Å². The molecule has 0 bridgehead atoms. The molecule has 0 aliphatic rings. The van der Waals surface area contributed by atoms with E-state index in [4.69, 9.17) is 15.2 Å². The van der Waals surface area contributed by atoms with Gasteiger partial charge in [0, 0.05) is 12.4 Å². The van der Waals surface area contributed by atoms with Crippen molar-refractivity contribution >= 4 is 12.2 Å². The van der Waals surface area contributed by atoms with Gasteiger partial charge in [-0.05, 0) is 52.0 Å². The van der Waals surface area contributed by atoms with Crippen LogP contribution in [0.4, 0.5) is 0 Å². The van der Waals surface area contributed by atoms with E-state index in [0.29, 0.717) is 22.6 Å². The van der Waals surface area contributed by atoms with E-state index in [1.54, 1.807) is 30.5 Å². The lowest BCUT2D eigenvalue weighted by molar-refractivity contribution is 0.0999. The van der Waals surface area contributed by atoms with Gasteiger partial charge < -0.3 is 15.2 Å². The van der Waals surface area contributed by atoms with E-state index >= 15 is 0 Å². The maximum atomic E-state index is 10.9. The van der Waals surface area contributed by atoms with Gasteiger partial charge in [-0.3, -0.25) is 14.6 Å². The number of nitrogens with zero attached hydrogens (tertiary/aromatic N) is 1. The number of ether oxygens (including phenoxy) is 2. The zero-order valence-corrected chi connectivity index (χ0v) is 14.9. The third-order valence-corrected chi connectivity index (χ3v) is 2.80. The van der Waals surface area contributed by atoms with Gasteiger partial charge in [0.15, 0.2) is 17.8 Å². The molecule has 1 aromatic carbocycles. The van der Waals surface area contributed by atoms with E-state index in [9.17, 15) is 9.59 Å². The summed E-state index contributed by atoms with van der Waals surface area (Å²) in [4.78, 5) is 25.0. The summed E-state index contributed by atoms with van der Waals surface area (Å²) < 4.78 is 11.2. The molecule has 1 heterocycles. The predicted octanol–water partition coefficient (Wildman–Crippen LogP) is 3.25. The first-order chi connectivity index (χ1) is 11.8. The van der Waals surface area contributed by atoms with Crippen LogP contribution in [0.15, 0.2) is 42.7 Å². The number of hydrogen-bond donors (Lipinski definition) is 1. The van der Waals surface area contributed by atoms with Crippen molar-refractivity contribution in [1.29, 1.82) is 0 Å². The van der Waals surface area contributed by atoms with Crippen molar-refractivity contribution in [3.05, 3.63) is 53.9 Å². The van der Waals surface area contributed by atoms with Crippen LogP contribution >= 0.6 is 0 Å². The Morgan fingerprint density at radius 1 is 1.08 bits per heavy atom. The molecule has 0 aliphatic carbocycles. The summed E-state index contributed by atoms with van der Waals surface area (Å²) in [5.74, 6) is 0.706. The van der Waals surface area contributed by atoms with E-state index < -0.39 is 5.91 Å². The van der Waals surface area contributed by atoms with Crippen molar-refractivity contribution in [1.82, 2.24) is 4.98 Å². The van der Waals surface area contributed by atoms with E-state index in [0.717, 1.165) is 6.29 Å². The number of pyridine rings is 1. The van der Waals surface area contributed by atoms with Crippen molar-refractivity contribution in [3.63, 3.8) is 0 Å². The minimum Gasteiger partial charge on any atom is -0.487 e. The van der Waals surface area contributed by atoms with Crippen molar-refractivity contribution in [2.75, 3.05) is 0 Å². The number of aromatic nitrogens is 1. The second-order valence-electron chi connectivity index (χ2n) is 5.73. The first kappa shape index (κ1) is 20.2. The molecule has 6 nitrogen and oxygen atoms in total. The number of hydrogen-bond acceptors (Lipinski definition) is 5. The number of rotatable bonds is 6. The number of primary amides is 1. The fourth-order valence-corrected chi connectivity index (χ4v) is 1.84. The monoisotopic (exact) mass is 344 g/mol. The highest BCUT2D eigenvalue weighted by Crippen LogP contribution is 2.31. The molecule has 0 unspecified atom stereocenters. The van der Waals surface area contributed by atoms with E-state index in [2.05, 4.69) is 4.98 Å². The number of aldehydes is 1. The Kier molecular flexibility index (Phi) is 8.12. The molecule has 1 amide bonds. The molecule has 0 atom stereocenters. The minimum absolute atomic E-state index is 0.00983. The van der Waals surface area contributed by atoms with Gasteiger partial charge >= 0.3 is 0 Å². The second kappa shape index (κ2) is 10.1. The maximum absolute atomic E-state index is 10.9. The van der Waals surface area contributed by atoms with Crippen molar-refractivity contribution in [3.8, 4) is 11.5 Å². The zero-order valence-electron chi connectivity index (χ0n) is 14.9. The number of carbonyl (C=O) groups excluding carboxylic acids is 2.